The third-order valence-electron chi connectivity index (χ3n) is 3.21. The number of nitrogens with zero attached hydrogens (tertiary/aromatic N) is 1. The van der Waals surface area contributed by atoms with E-state index in [1.54, 1.807) is 36.7 Å². The third-order valence-corrected chi connectivity index (χ3v) is 3.21. The number of ether oxygens (including phenoxy) is 1. The zero-order chi connectivity index (χ0) is 15.8. The summed E-state index contributed by atoms with van der Waals surface area (Å²) in [6, 6.07) is 11.0. The molecule has 0 aliphatic carbocycles. The van der Waals surface area contributed by atoms with Crippen LogP contribution in [0.4, 0.5) is 0 Å². The van der Waals surface area contributed by atoms with Crippen LogP contribution < -0.4 is 4.74 Å². The van der Waals surface area contributed by atoms with Gasteiger partial charge in [-0.3, -0.25) is 9.78 Å². The molecule has 0 atom stereocenters. The first-order valence-corrected chi connectivity index (χ1v) is 7.50. The van der Waals surface area contributed by atoms with Crippen molar-refractivity contribution in [2.24, 2.45) is 5.92 Å². The van der Waals surface area contributed by atoms with E-state index in [-0.39, 0.29) is 5.78 Å². The summed E-state index contributed by atoms with van der Waals surface area (Å²) in [5, 5.41) is 0. The molecule has 0 bridgehead atoms. The van der Waals surface area contributed by atoms with Gasteiger partial charge >= 0.3 is 0 Å². The molecule has 0 saturated heterocycles. The van der Waals surface area contributed by atoms with Crippen molar-refractivity contribution >= 4 is 11.9 Å². The quantitative estimate of drug-likeness (QED) is 0.561. The highest BCUT2D eigenvalue weighted by atomic mass is 16.5. The van der Waals surface area contributed by atoms with Crippen LogP contribution in [-0.2, 0) is 0 Å². The fourth-order valence-corrected chi connectivity index (χ4v) is 1.87. The summed E-state index contributed by atoms with van der Waals surface area (Å²) in [5.74, 6) is 1.39. The minimum Gasteiger partial charge on any atom is -0.494 e. The molecule has 0 fully saturated rings. The van der Waals surface area contributed by atoms with E-state index >= 15 is 0 Å². The van der Waals surface area contributed by atoms with Gasteiger partial charge in [0.2, 0.25) is 0 Å². The molecule has 2 aromatic rings. The summed E-state index contributed by atoms with van der Waals surface area (Å²) in [7, 11) is 0. The summed E-state index contributed by atoms with van der Waals surface area (Å²) in [5.41, 5.74) is 1.56. The van der Waals surface area contributed by atoms with Crippen molar-refractivity contribution in [1.82, 2.24) is 4.98 Å². The molecule has 0 N–H and O–H groups in total. The molecular weight excluding hydrogens is 274 g/mol. The minimum absolute atomic E-state index is 0.0300. The zero-order valence-corrected chi connectivity index (χ0v) is 13.0. The Bertz CT molecular complexity index is 616. The van der Waals surface area contributed by atoms with Gasteiger partial charge in [-0.1, -0.05) is 19.9 Å². The molecule has 22 heavy (non-hydrogen) atoms. The molecule has 0 radical (unpaired) electrons. The average molecular weight is 295 g/mol. The number of hydrogen-bond donors (Lipinski definition) is 0. The molecule has 1 aromatic carbocycles. The van der Waals surface area contributed by atoms with E-state index in [2.05, 4.69) is 18.8 Å². The van der Waals surface area contributed by atoms with Gasteiger partial charge in [0, 0.05) is 18.0 Å². The standard InChI is InChI=1S/C19H21NO2/c1-15(2)11-13-22-18-8-6-17(7-9-18)19(21)10-5-16-4-3-12-20-14-16/h3-10,12,14-15H,11,13H2,1-2H3. The predicted octanol–water partition coefficient (Wildman–Crippen LogP) is 4.40. The van der Waals surface area contributed by atoms with E-state index in [1.807, 2.05) is 24.3 Å². The highest BCUT2D eigenvalue weighted by Crippen LogP contribution is 2.14. The van der Waals surface area contributed by atoms with Crippen LogP contribution in [-0.4, -0.2) is 17.4 Å². The Balaban J connectivity index is 1.92. The second-order valence-corrected chi connectivity index (χ2v) is 5.54. The number of pyridine rings is 1. The number of carbonyl (C=O) groups excluding carboxylic acids is 1. The molecule has 0 aliphatic rings. The van der Waals surface area contributed by atoms with Gasteiger partial charge in [0.1, 0.15) is 5.75 Å². The first kappa shape index (κ1) is 16.0. The lowest BCUT2D eigenvalue weighted by Gasteiger charge is -2.08. The molecule has 0 spiro atoms. The van der Waals surface area contributed by atoms with Crippen molar-refractivity contribution in [2.45, 2.75) is 20.3 Å². The largest absolute Gasteiger partial charge is 0.494 e. The summed E-state index contributed by atoms with van der Waals surface area (Å²) in [6.45, 7) is 5.03. The summed E-state index contributed by atoms with van der Waals surface area (Å²) < 4.78 is 5.64. The number of rotatable bonds is 7. The molecule has 0 saturated carbocycles. The normalized spacial score (nSPS) is 11.0. The second-order valence-electron chi connectivity index (χ2n) is 5.54. The summed E-state index contributed by atoms with van der Waals surface area (Å²) >= 11 is 0. The Morgan fingerprint density at radius 2 is 2.00 bits per heavy atom. The van der Waals surface area contributed by atoms with Crippen molar-refractivity contribution in [3.8, 4) is 5.75 Å². The highest BCUT2D eigenvalue weighted by molar-refractivity contribution is 6.06. The smallest absolute Gasteiger partial charge is 0.185 e. The van der Waals surface area contributed by atoms with Gasteiger partial charge in [-0.05, 0) is 60.4 Å². The van der Waals surface area contributed by atoms with E-state index in [4.69, 9.17) is 4.74 Å². The minimum atomic E-state index is -0.0300. The van der Waals surface area contributed by atoms with Gasteiger partial charge in [-0.15, -0.1) is 0 Å². The topological polar surface area (TPSA) is 39.2 Å². The fourth-order valence-electron chi connectivity index (χ4n) is 1.87. The maximum Gasteiger partial charge on any atom is 0.185 e. The number of benzene rings is 1. The monoisotopic (exact) mass is 295 g/mol. The molecule has 1 heterocycles. The molecule has 0 amide bonds. The molecule has 1 aromatic heterocycles. The van der Waals surface area contributed by atoms with Crippen molar-refractivity contribution in [3.05, 3.63) is 66.0 Å². The highest BCUT2D eigenvalue weighted by Gasteiger charge is 2.02. The van der Waals surface area contributed by atoms with E-state index in [9.17, 15) is 4.79 Å². The molecule has 0 unspecified atom stereocenters. The Morgan fingerprint density at radius 3 is 2.64 bits per heavy atom. The first-order chi connectivity index (χ1) is 10.6. The lowest BCUT2D eigenvalue weighted by Crippen LogP contribution is -2.01. The van der Waals surface area contributed by atoms with Crippen LogP contribution in [0.2, 0.25) is 0 Å². The van der Waals surface area contributed by atoms with Crippen LogP contribution in [0, 0.1) is 5.92 Å². The third kappa shape index (κ3) is 5.17. The fraction of sp³-hybridized carbons (Fsp3) is 0.263. The van der Waals surface area contributed by atoms with Crippen LogP contribution in [0.1, 0.15) is 36.2 Å². The van der Waals surface area contributed by atoms with E-state index in [0.29, 0.717) is 18.1 Å². The second kappa shape index (κ2) is 8.13. The molecule has 114 valence electrons. The van der Waals surface area contributed by atoms with E-state index in [1.165, 1.54) is 0 Å². The molecule has 3 heteroatoms. The van der Waals surface area contributed by atoms with Gasteiger partial charge in [0.05, 0.1) is 6.61 Å². The van der Waals surface area contributed by atoms with Gasteiger partial charge in [0.25, 0.3) is 0 Å². The van der Waals surface area contributed by atoms with E-state index in [0.717, 1.165) is 17.7 Å². The van der Waals surface area contributed by atoms with Crippen LogP contribution in [0.15, 0.2) is 54.9 Å². The van der Waals surface area contributed by atoms with Gasteiger partial charge < -0.3 is 4.74 Å². The first-order valence-electron chi connectivity index (χ1n) is 7.50. The Labute approximate surface area is 131 Å². The van der Waals surface area contributed by atoms with E-state index < -0.39 is 0 Å². The van der Waals surface area contributed by atoms with Gasteiger partial charge in [-0.25, -0.2) is 0 Å². The van der Waals surface area contributed by atoms with Crippen LogP contribution in [0.3, 0.4) is 0 Å². The molecule has 3 nitrogen and oxygen atoms in total. The lowest BCUT2D eigenvalue weighted by molar-refractivity contribution is 0.104. The molecule has 0 aliphatic heterocycles. The molecular formula is C19H21NO2. The van der Waals surface area contributed by atoms with Crippen LogP contribution >= 0.6 is 0 Å². The summed E-state index contributed by atoms with van der Waals surface area (Å²) in [4.78, 5) is 16.1. The van der Waals surface area contributed by atoms with Gasteiger partial charge in [0.15, 0.2) is 5.78 Å². The van der Waals surface area contributed by atoms with Crippen molar-refractivity contribution < 1.29 is 9.53 Å². The SMILES string of the molecule is CC(C)CCOc1ccc(C(=O)C=Cc2cccnc2)cc1. The lowest BCUT2D eigenvalue weighted by atomic mass is 10.1. The average Bonchev–Trinajstić information content (AvgIpc) is 2.54. The maximum atomic E-state index is 12.1. The van der Waals surface area contributed by atoms with Crippen LogP contribution in [0.5, 0.6) is 5.75 Å². The Morgan fingerprint density at radius 1 is 1.23 bits per heavy atom. The summed E-state index contributed by atoms with van der Waals surface area (Å²) in [6.07, 6.45) is 7.77. The zero-order valence-electron chi connectivity index (χ0n) is 13.0. The molecule has 2 rings (SSSR count). The number of hydrogen-bond acceptors (Lipinski definition) is 3. The Kier molecular flexibility index (Phi) is 5.90. The predicted molar refractivity (Wildman–Crippen MR) is 89.0 cm³/mol. The van der Waals surface area contributed by atoms with Crippen molar-refractivity contribution in [1.29, 1.82) is 0 Å². The number of allylic oxidation sites excluding steroid dienone is 1. The van der Waals surface area contributed by atoms with Crippen molar-refractivity contribution in [3.63, 3.8) is 0 Å². The van der Waals surface area contributed by atoms with Crippen molar-refractivity contribution in [2.75, 3.05) is 6.61 Å². The van der Waals surface area contributed by atoms with Crippen LogP contribution in [0.25, 0.3) is 6.08 Å². The number of carbonyl (C=O) groups is 1. The van der Waals surface area contributed by atoms with Gasteiger partial charge in [-0.2, -0.15) is 0 Å². The number of ketones is 1. The number of aromatic nitrogens is 1. The Hall–Kier alpha value is -2.42. The maximum absolute atomic E-state index is 12.1.